The number of benzene rings is 1. The van der Waals surface area contributed by atoms with Crippen LogP contribution in [0, 0.1) is 0 Å². The Labute approximate surface area is 100.0 Å². The third kappa shape index (κ3) is 2.75. The number of nitrogens with two attached hydrogens (primary N) is 1. The number of hydrogen-bond donors (Lipinski definition) is 1. The van der Waals surface area contributed by atoms with Crippen LogP contribution in [-0.2, 0) is 9.84 Å². The third-order valence-corrected chi connectivity index (χ3v) is 4.20. The SMILES string of the molecule is NC(CS(=O)(=O)c1ccccc1)c1ccco1. The average Bonchev–Trinajstić information content (AvgIpc) is 2.83. The lowest BCUT2D eigenvalue weighted by molar-refractivity contribution is 0.477. The van der Waals surface area contributed by atoms with Crippen molar-refractivity contribution in [3.05, 3.63) is 54.5 Å². The van der Waals surface area contributed by atoms with Gasteiger partial charge in [0.15, 0.2) is 9.84 Å². The quantitative estimate of drug-likeness (QED) is 0.898. The molecule has 1 unspecified atom stereocenters. The summed E-state index contributed by atoms with van der Waals surface area (Å²) in [5, 5.41) is 0. The van der Waals surface area contributed by atoms with Crippen molar-refractivity contribution in [3.8, 4) is 0 Å². The minimum Gasteiger partial charge on any atom is -0.468 e. The van der Waals surface area contributed by atoms with Gasteiger partial charge in [0, 0.05) is 0 Å². The van der Waals surface area contributed by atoms with Gasteiger partial charge >= 0.3 is 0 Å². The Morgan fingerprint density at radius 3 is 2.41 bits per heavy atom. The lowest BCUT2D eigenvalue weighted by atomic mass is 10.3. The lowest BCUT2D eigenvalue weighted by Crippen LogP contribution is -2.21. The van der Waals surface area contributed by atoms with Crippen molar-refractivity contribution >= 4 is 9.84 Å². The molecule has 0 amide bonds. The molecular weight excluding hydrogens is 238 g/mol. The van der Waals surface area contributed by atoms with Crippen LogP contribution in [0.3, 0.4) is 0 Å². The van der Waals surface area contributed by atoms with Crippen molar-refractivity contribution in [2.24, 2.45) is 5.73 Å². The average molecular weight is 251 g/mol. The molecule has 0 aliphatic carbocycles. The summed E-state index contributed by atoms with van der Waals surface area (Å²) >= 11 is 0. The van der Waals surface area contributed by atoms with Crippen LogP contribution in [0.25, 0.3) is 0 Å². The van der Waals surface area contributed by atoms with Gasteiger partial charge in [-0.05, 0) is 24.3 Å². The van der Waals surface area contributed by atoms with Crippen LogP contribution in [0.15, 0.2) is 58.0 Å². The van der Waals surface area contributed by atoms with Crippen molar-refractivity contribution in [3.63, 3.8) is 0 Å². The van der Waals surface area contributed by atoms with Crippen LogP contribution in [-0.4, -0.2) is 14.2 Å². The topological polar surface area (TPSA) is 73.3 Å². The lowest BCUT2D eigenvalue weighted by Gasteiger charge is -2.09. The highest BCUT2D eigenvalue weighted by atomic mass is 32.2. The zero-order chi connectivity index (χ0) is 12.3. The van der Waals surface area contributed by atoms with E-state index in [9.17, 15) is 8.42 Å². The van der Waals surface area contributed by atoms with Gasteiger partial charge in [0.2, 0.25) is 0 Å². The summed E-state index contributed by atoms with van der Waals surface area (Å²) in [4.78, 5) is 0.280. The molecule has 0 bridgehead atoms. The van der Waals surface area contributed by atoms with Gasteiger partial charge in [-0.3, -0.25) is 0 Å². The second-order valence-electron chi connectivity index (χ2n) is 3.72. The predicted octanol–water partition coefficient (Wildman–Crippen LogP) is 1.75. The molecule has 0 aliphatic rings. The summed E-state index contributed by atoms with van der Waals surface area (Å²) in [5.41, 5.74) is 5.79. The smallest absolute Gasteiger partial charge is 0.180 e. The van der Waals surface area contributed by atoms with Gasteiger partial charge in [0.05, 0.1) is 23.0 Å². The van der Waals surface area contributed by atoms with Crippen molar-refractivity contribution < 1.29 is 12.8 Å². The standard InChI is InChI=1S/C12H13NO3S/c13-11(12-7-4-8-16-12)9-17(14,15)10-5-2-1-3-6-10/h1-8,11H,9,13H2. The summed E-state index contributed by atoms with van der Waals surface area (Å²) < 4.78 is 29.1. The van der Waals surface area contributed by atoms with E-state index in [2.05, 4.69) is 0 Å². The highest BCUT2D eigenvalue weighted by molar-refractivity contribution is 7.91. The zero-order valence-corrected chi connectivity index (χ0v) is 9.93. The van der Waals surface area contributed by atoms with Crippen molar-refractivity contribution in [2.45, 2.75) is 10.9 Å². The van der Waals surface area contributed by atoms with Gasteiger partial charge in [0.1, 0.15) is 5.76 Å². The molecule has 2 rings (SSSR count). The molecule has 1 aromatic heterocycles. The highest BCUT2D eigenvalue weighted by Gasteiger charge is 2.21. The summed E-state index contributed by atoms with van der Waals surface area (Å²) in [6, 6.07) is 11.0. The van der Waals surface area contributed by atoms with Crippen molar-refractivity contribution in [1.29, 1.82) is 0 Å². The van der Waals surface area contributed by atoms with Crippen molar-refractivity contribution in [1.82, 2.24) is 0 Å². The zero-order valence-electron chi connectivity index (χ0n) is 9.11. The first kappa shape index (κ1) is 11.9. The highest BCUT2D eigenvalue weighted by Crippen LogP contribution is 2.18. The van der Waals surface area contributed by atoms with Gasteiger partial charge in [-0.15, -0.1) is 0 Å². The van der Waals surface area contributed by atoms with E-state index in [0.717, 1.165) is 0 Å². The van der Waals surface area contributed by atoms with Crippen LogP contribution in [0.5, 0.6) is 0 Å². The molecule has 0 saturated heterocycles. The molecule has 0 fully saturated rings. The first-order valence-electron chi connectivity index (χ1n) is 5.16. The van der Waals surface area contributed by atoms with E-state index in [1.54, 1.807) is 42.5 Å². The molecule has 1 atom stereocenters. The molecule has 1 aromatic carbocycles. The maximum Gasteiger partial charge on any atom is 0.180 e. The molecule has 90 valence electrons. The molecule has 0 aliphatic heterocycles. The first-order chi connectivity index (χ1) is 8.09. The summed E-state index contributed by atoms with van der Waals surface area (Å²) in [6.07, 6.45) is 1.48. The third-order valence-electron chi connectivity index (χ3n) is 2.41. The van der Waals surface area contributed by atoms with Gasteiger partial charge in [-0.2, -0.15) is 0 Å². The molecule has 0 radical (unpaired) electrons. The Kier molecular flexibility index (Phi) is 3.31. The van der Waals surface area contributed by atoms with E-state index < -0.39 is 15.9 Å². The second kappa shape index (κ2) is 4.73. The van der Waals surface area contributed by atoms with E-state index in [1.165, 1.54) is 6.26 Å². The van der Waals surface area contributed by atoms with E-state index in [4.69, 9.17) is 10.2 Å². The first-order valence-corrected chi connectivity index (χ1v) is 6.81. The Morgan fingerprint density at radius 1 is 1.12 bits per heavy atom. The van der Waals surface area contributed by atoms with Crippen LogP contribution >= 0.6 is 0 Å². The fourth-order valence-electron chi connectivity index (χ4n) is 1.54. The fraction of sp³-hybridized carbons (Fsp3) is 0.167. The maximum atomic E-state index is 12.0. The van der Waals surface area contributed by atoms with Crippen molar-refractivity contribution in [2.75, 3.05) is 5.75 Å². The molecule has 0 saturated carbocycles. The molecule has 1 heterocycles. The van der Waals surface area contributed by atoms with Gasteiger partial charge in [-0.1, -0.05) is 18.2 Å². The minimum atomic E-state index is -3.37. The van der Waals surface area contributed by atoms with E-state index in [-0.39, 0.29) is 10.6 Å². The summed E-state index contributed by atoms with van der Waals surface area (Å²) in [7, 11) is -3.37. The molecular formula is C12H13NO3S. The molecule has 17 heavy (non-hydrogen) atoms. The van der Waals surface area contributed by atoms with E-state index >= 15 is 0 Å². The Balaban J connectivity index is 2.19. The Morgan fingerprint density at radius 2 is 1.82 bits per heavy atom. The van der Waals surface area contributed by atoms with Crippen LogP contribution in [0.2, 0.25) is 0 Å². The summed E-state index contributed by atoms with van der Waals surface area (Å²) in [6.45, 7) is 0. The van der Waals surface area contributed by atoms with Gasteiger partial charge < -0.3 is 10.2 Å². The molecule has 4 nitrogen and oxygen atoms in total. The maximum absolute atomic E-state index is 12.0. The number of hydrogen-bond acceptors (Lipinski definition) is 4. The second-order valence-corrected chi connectivity index (χ2v) is 5.75. The molecule has 2 N–H and O–H groups in total. The molecule has 2 aromatic rings. The molecule has 5 heteroatoms. The predicted molar refractivity (Wildman–Crippen MR) is 64.1 cm³/mol. The monoisotopic (exact) mass is 251 g/mol. The Hall–Kier alpha value is -1.59. The Bertz CT molecular complexity index is 561. The summed E-state index contributed by atoms with van der Waals surface area (Å²) in [5.74, 6) is 0.314. The fourth-order valence-corrected chi connectivity index (χ4v) is 2.95. The van der Waals surface area contributed by atoms with Crippen LogP contribution in [0.4, 0.5) is 0 Å². The normalized spacial score (nSPS) is 13.5. The van der Waals surface area contributed by atoms with Crippen LogP contribution < -0.4 is 5.73 Å². The van der Waals surface area contributed by atoms with E-state index in [0.29, 0.717) is 5.76 Å². The molecule has 0 spiro atoms. The number of sulfone groups is 1. The minimum absolute atomic E-state index is 0.162. The number of rotatable bonds is 4. The number of furan rings is 1. The largest absolute Gasteiger partial charge is 0.468 e. The van der Waals surface area contributed by atoms with Crippen LogP contribution in [0.1, 0.15) is 11.8 Å². The van der Waals surface area contributed by atoms with Gasteiger partial charge in [0.25, 0.3) is 0 Å². The van der Waals surface area contributed by atoms with E-state index in [1.807, 2.05) is 0 Å². The van der Waals surface area contributed by atoms with Gasteiger partial charge in [-0.25, -0.2) is 8.42 Å².